The number of H-pyrrole nitrogens is 1. The third-order valence-electron chi connectivity index (χ3n) is 5.30. The topological polar surface area (TPSA) is 90.5 Å². The van der Waals surface area contributed by atoms with Gasteiger partial charge in [0.2, 0.25) is 10.0 Å². The summed E-state index contributed by atoms with van der Waals surface area (Å²) in [6, 6.07) is 10.1. The SMILES string of the molecule is Cc1ccc(S(=O)(=O)N2CCc3[nH]c4ccc(C(=O)O)cc4c3C2)cc1C. The Bertz CT molecular complexity index is 1180. The van der Waals surface area contributed by atoms with E-state index in [1.807, 2.05) is 19.9 Å². The average Bonchev–Trinajstić information content (AvgIpc) is 3.00. The van der Waals surface area contributed by atoms with Gasteiger partial charge in [0.15, 0.2) is 0 Å². The van der Waals surface area contributed by atoms with E-state index in [-0.39, 0.29) is 12.1 Å². The molecular weight excluding hydrogens is 364 g/mol. The number of nitrogens with zero attached hydrogens (tertiary/aromatic N) is 1. The fourth-order valence-corrected chi connectivity index (χ4v) is 5.05. The number of carbonyl (C=O) groups is 1. The van der Waals surface area contributed by atoms with Crippen molar-refractivity contribution >= 4 is 26.9 Å². The standard InChI is InChI=1S/C20H20N2O4S/c1-12-3-5-15(9-13(12)2)27(25,26)22-8-7-19-17(11-22)16-10-14(20(23)24)4-6-18(16)21-19/h3-6,9-10,21H,7-8,11H2,1-2H3,(H,23,24). The number of aryl methyl sites for hydroxylation is 2. The molecule has 7 heteroatoms. The maximum absolute atomic E-state index is 13.1. The summed E-state index contributed by atoms with van der Waals surface area (Å²) in [5.74, 6) is -0.998. The zero-order valence-corrected chi connectivity index (χ0v) is 15.9. The molecule has 0 radical (unpaired) electrons. The smallest absolute Gasteiger partial charge is 0.335 e. The van der Waals surface area contributed by atoms with E-state index in [2.05, 4.69) is 4.98 Å². The summed E-state index contributed by atoms with van der Waals surface area (Å²) in [7, 11) is -3.61. The molecule has 4 rings (SSSR count). The van der Waals surface area contributed by atoms with Crippen molar-refractivity contribution in [3.63, 3.8) is 0 Å². The van der Waals surface area contributed by atoms with E-state index in [0.29, 0.717) is 17.9 Å². The Morgan fingerprint density at radius 2 is 1.89 bits per heavy atom. The van der Waals surface area contributed by atoms with Crippen LogP contribution >= 0.6 is 0 Å². The molecule has 0 saturated heterocycles. The van der Waals surface area contributed by atoms with Crippen LogP contribution in [0.25, 0.3) is 10.9 Å². The molecule has 2 heterocycles. The Labute approximate surface area is 157 Å². The summed E-state index contributed by atoms with van der Waals surface area (Å²) in [6.07, 6.45) is 0.566. The van der Waals surface area contributed by atoms with Crippen molar-refractivity contribution in [1.29, 1.82) is 0 Å². The number of hydrogen-bond acceptors (Lipinski definition) is 3. The van der Waals surface area contributed by atoms with Gasteiger partial charge in [0.25, 0.3) is 0 Å². The molecule has 0 bridgehead atoms. The number of hydrogen-bond donors (Lipinski definition) is 2. The molecule has 0 unspecified atom stereocenters. The summed E-state index contributed by atoms with van der Waals surface area (Å²) in [6.45, 7) is 4.47. The predicted octanol–water partition coefficient (Wildman–Crippen LogP) is 3.23. The minimum Gasteiger partial charge on any atom is -0.478 e. The van der Waals surface area contributed by atoms with Crippen molar-refractivity contribution in [1.82, 2.24) is 9.29 Å². The number of carboxylic acid groups (broad SMARTS) is 1. The minimum atomic E-state index is -3.61. The number of aromatic nitrogens is 1. The number of rotatable bonds is 3. The summed E-state index contributed by atoms with van der Waals surface area (Å²) in [5, 5.41) is 10.0. The van der Waals surface area contributed by atoms with Gasteiger partial charge in [-0.05, 0) is 60.9 Å². The Morgan fingerprint density at radius 3 is 2.59 bits per heavy atom. The van der Waals surface area contributed by atoms with Gasteiger partial charge >= 0.3 is 5.97 Å². The molecule has 0 spiro atoms. The van der Waals surface area contributed by atoms with Crippen molar-refractivity contribution in [2.24, 2.45) is 0 Å². The van der Waals surface area contributed by atoms with Crippen molar-refractivity contribution in [3.05, 3.63) is 64.3 Å². The first-order valence-electron chi connectivity index (χ1n) is 8.71. The third kappa shape index (κ3) is 2.93. The number of sulfonamides is 1. The maximum Gasteiger partial charge on any atom is 0.335 e. The Morgan fingerprint density at radius 1 is 1.11 bits per heavy atom. The monoisotopic (exact) mass is 384 g/mol. The molecule has 3 aromatic rings. The highest BCUT2D eigenvalue weighted by atomic mass is 32.2. The van der Waals surface area contributed by atoms with Crippen molar-refractivity contribution < 1.29 is 18.3 Å². The molecule has 0 atom stereocenters. The minimum absolute atomic E-state index is 0.193. The molecule has 1 aliphatic rings. The van der Waals surface area contributed by atoms with Crippen LogP contribution in [-0.2, 0) is 23.0 Å². The molecule has 0 amide bonds. The normalized spacial score (nSPS) is 15.0. The molecule has 2 aromatic carbocycles. The van der Waals surface area contributed by atoms with E-state index < -0.39 is 16.0 Å². The first-order chi connectivity index (χ1) is 12.8. The fourth-order valence-electron chi connectivity index (χ4n) is 3.55. The lowest BCUT2D eigenvalue weighted by Gasteiger charge is -2.26. The lowest BCUT2D eigenvalue weighted by molar-refractivity contribution is 0.0697. The van der Waals surface area contributed by atoms with Gasteiger partial charge in [0, 0.05) is 36.1 Å². The zero-order valence-electron chi connectivity index (χ0n) is 15.1. The molecule has 0 aliphatic carbocycles. The Hall–Kier alpha value is -2.64. The maximum atomic E-state index is 13.1. The van der Waals surface area contributed by atoms with Gasteiger partial charge in [-0.15, -0.1) is 0 Å². The third-order valence-corrected chi connectivity index (χ3v) is 7.14. The van der Waals surface area contributed by atoms with E-state index in [4.69, 9.17) is 0 Å². The second-order valence-electron chi connectivity index (χ2n) is 6.98. The van der Waals surface area contributed by atoms with Gasteiger partial charge < -0.3 is 10.1 Å². The summed E-state index contributed by atoms with van der Waals surface area (Å²) in [5.41, 5.74) is 4.83. The van der Waals surface area contributed by atoms with Gasteiger partial charge in [-0.3, -0.25) is 0 Å². The highest BCUT2D eigenvalue weighted by Gasteiger charge is 2.30. The van der Waals surface area contributed by atoms with Crippen LogP contribution in [-0.4, -0.2) is 35.3 Å². The lowest BCUT2D eigenvalue weighted by Crippen LogP contribution is -2.35. The van der Waals surface area contributed by atoms with Crippen LogP contribution in [0.3, 0.4) is 0 Å². The van der Waals surface area contributed by atoms with Gasteiger partial charge in [-0.2, -0.15) is 4.31 Å². The first-order valence-corrected chi connectivity index (χ1v) is 10.2. The summed E-state index contributed by atoms with van der Waals surface area (Å²) < 4.78 is 27.7. The molecule has 140 valence electrons. The van der Waals surface area contributed by atoms with E-state index in [0.717, 1.165) is 33.3 Å². The van der Waals surface area contributed by atoms with Crippen LogP contribution in [0, 0.1) is 13.8 Å². The van der Waals surface area contributed by atoms with Crippen LogP contribution in [0.1, 0.15) is 32.7 Å². The zero-order chi connectivity index (χ0) is 19.3. The van der Waals surface area contributed by atoms with Gasteiger partial charge in [0.05, 0.1) is 10.5 Å². The van der Waals surface area contributed by atoms with E-state index in [9.17, 15) is 18.3 Å². The molecule has 0 fully saturated rings. The molecule has 1 aromatic heterocycles. The van der Waals surface area contributed by atoms with E-state index >= 15 is 0 Å². The Kier molecular flexibility index (Phi) is 4.09. The molecule has 27 heavy (non-hydrogen) atoms. The van der Waals surface area contributed by atoms with E-state index in [1.54, 1.807) is 30.3 Å². The highest BCUT2D eigenvalue weighted by Crippen LogP contribution is 2.31. The number of aromatic carboxylic acids is 1. The number of fused-ring (bicyclic) bond motifs is 3. The van der Waals surface area contributed by atoms with Crippen molar-refractivity contribution in [2.75, 3.05) is 6.54 Å². The van der Waals surface area contributed by atoms with Crippen LogP contribution < -0.4 is 0 Å². The molecular formula is C20H20N2O4S. The number of carboxylic acids is 1. The quantitative estimate of drug-likeness (QED) is 0.725. The second kappa shape index (κ2) is 6.21. The van der Waals surface area contributed by atoms with Gasteiger partial charge in [-0.25, -0.2) is 13.2 Å². The van der Waals surface area contributed by atoms with Gasteiger partial charge in [0.1, 0.15) is 0 Å². The molecule has 0 saturated carbocycles. The van der Waals surface area contributed by atoms with E-state index in [1.165, 1.54) is 4.31 Å². The Balaban J connectivity index is 1.75. The second-order valence-corrected chi connectivity index (χ2v) is 8.92. The number of aromatic amines is 1. The number of benzene rings is 2. The lowest BCUT2D eigenvalue weighted by atomic mass is 10.0. The van der Waals surface area contributed by atoms with Gasteiger partial charge in [-0.1, -0.05) is 6.07 Å². The highest BCUT2D eigenvalue weighted by molar-refractivity contribution is 7.89. The summed E-state index contributed by atoms with van der Waals surface area (Å²) in [4.78, 5) is 14.9. The van der Waals surface area contributed by atoms with Crippen molar-refractivity contribution in [2.45, 2.75) is 31.7 Å². The fraction of sp³-hybridized carbons (Fsp3) is 0.250. The molecule has 1 aliphatic heterocycles. The number of nitrogens with one attached hydrogen (secondary N) is 1. The average molecular weight is 384 g/mol. The van der Waals surface area contributed by atoms with Crippen LogP contribution in [0.2, 0.25) is 0 Å². The summed E-state index contributed by atoms with van der Waals surface area (Å²) >= 11 is 0. The van der Waals surface area contributed by atoms with Crippen LogP contribution in [0.4, 0.5) is 0 Å². The predicted molar refractivity (Wildman–Crippen MR) is 102 cm³/mol. The first kappa shape index (κ1) is 17.8. The molecule has 2 N–H and O–H groups in total. The molecule has 6 nitrogen and oxygen atoms in total. The van der Waals surface area contributed by atoms with Crippen molar-refractivity contribution in [3.8, 4) is 0 Å². The largest absolute Gasteiger partial charge is 0.478 e. The van der Waals surface area contributed by atoms with Crippen LogP contribution in [0.5, 0.6) is 0 Å². The van der Waals surface area contributed by atoms with Crippen LogP contribution in [0.15, 0.2) is 41.3 Å².